The van der Waals surface area contributed by atoms with Crippen LogP contribution in [0.1, 0.15) is 22.3 Å². The van der Waals surface area contributed by atoms with Crippen LogP contribution in [0.5, 0.6) is 0 Å². The summed E-state index contributed by atoms with van der Waals surface area (Å²) in [5.41, 5.74) is 12.9. The molecule has 1 spiro atoms. The third-order valence-electron chi connectivity index (χ3n) is 8.15. The topological polar surface area (TPSA) is 0 Å². The molecule has 0 aliphatic heterocycles. The molecular weight excluding hydrogens is 456 g/mol. The van der Waals surface area contributed by atoms with Crippen molar-refractivity contribution in [1.82, 2.24) is 0 Å². The maximum atomic E-state index is 6.30. The third kappa shape index (κ3) is 2.40. The Morgan fingerprint density at radius 1 is 0.444 bits per heavy atom. The first-order valence-corrected chi connectivity index (χ1v) is 12.8. The lowest BCUT2D eigenvalue weighted by Crippen LogP contribution is -2.26. The summed E-state index contributed by atoms with van der Waals surface area (Å²) in [5.74, 6) is 0. The van der Waals surface area contributed by atoms with Gasteiger partial charge in [-0.1, -0.05) is 127 Å². The number of hydrogen-bond acceptors (Lipinski definition) is 0. The number of fused-ring (bicyclic) bond motifs is 12. The van der Waals surface area contributed by atoms with Gasteiger partial charge in [-0.15, -0.1) is 0 Å². The maximum absolute atomic E-state index is 6.30. The fraction of sp³-hybridized carbons (Fsp3) is 0.0286. The summed E-state index contributed by atoms with van der Waals surface area (Å²) in [4.78, 5) is 0. The Balaban J connectivity index is 1.60. The molecule has 6 aromatic carbocycles. The van der Waals surface area contributed by atoms with E-state index in [-0.39, 0.29) is 5.41 Å². The average Bonchev–Trinajstić information content (AvgIpc) is 3.41. The van der Waals surface area contributed by atoms with Crippen LogP contribution in [0.15, 0.2) is 127 Å². The normalized spacial score (nSPS) is 16.6. The highest BCUT2D eigenvalue weighted by atomic mass is 35.5. The lowest BCUT2D eigenvalue weighted by Gasteiger charge is -2.32. The van der Waals surface area contributed by atoms with E-state index in [0.717, 1.165) is 5.02 Å². The summed E-state index contributed by atoms with van der Waals surface area (Å²) in [7, 11) is 0. The van der Waals surface area contributed by atoms with E-state index in [0.29, 0.717) is 0 Å². The molecule has 0 heterocycles. The van der Waals surface area contributed by atoms with Crippen LogP contribution in [0.2, 0.25) is 5.02 Å². The van der Waals surface area contributed by atoms with Gasteiger partial charge in [0.1, 0.15) is 0 Å². The second-order valence-electron chi connectivity index (χ2n) is 9.79. The van der Waals surface area contributed by atoms with E-state index >= 15 is 0 Å². The van der Waals surface area contributed by atoms with E-state index in [1.54, 1.807) is 0 Å². The van der Waals surface area contributed by atoms with Crippen molar-refractivity contribution >= 4 is 22.4 Å². The second-order valence-corrected chi connectivity index (χ2v) is 10.2. The van der Waals surface area contributed by atoms with E-state index in [2.05, 4.69) is 115 Å². The Bertz CT molecular complexity index is 1840. The zero-order valence-electron chi connectivity index (χ0n) is 19.5. The van der Waals surface area contributed by atoms with Crippen molar-refractivity contribution in [2.45, 2.75) is 5.41 Å². The molecular formula is C35H21Cl. The molecule has 1 heteroatoms. The van der Waals surface area contributed by atoms with Gasteiger partial charge in [0.05, 0.1) is 5.41 Å². The molecule has 0 N–H and O–H groups in total. The van der Waals surface area contributed by atoms with Gasteiger partial charge in [-0.25, -0.2) is 0 Å². The minimum absolute atomic E-state index is 0.377. The largest absolute Gasteiger partial charge is 0.0843 e. The summed E-state index contributed by atoms with van der Waals surface area (Å²) < 4.78 is 0. The SMILES string of the molecule is Clc1ccc(-c2cccc3c2C2(c4ccccc4-3)c3ccccc3-c3c2ccc2ccccc32)cc1. The average molecular weight is 477 g/mol. The Morgan fingerprint density at radius 3 is 1.92 bits per heavy atom. The summed E-state index contributed by atoms with van der Waals surface area (Å²) in [6, 6.07) is 46.5. The van der Waals surface area contributed by atoms with Gasteiger partial charge in [-0.3, -0.25) is 0 Å². The second kappa shape index (κ2) is 7.20. The van der Waals surface area contributed by atoms with E-state index < -0.39 is 0 Å². The Morgan fingerprint density at radius 2 is 1.08 bits per heavy atom. The minimum atomic E-state index is -0.377. The number of hydrogen-bond donors (Lipinski definition) is 0. The molecule has 36 heavy (non-hydrogen) atoms. The van der Waals surface area contributed by atoms with Gasteiger partial charge in [0.2, 0.25) is 0 Å². The maximum Gasteiger partial charge on any atom is 0.0731 e. The standard InChI is InChI=1S/C35H21Cl/c36-24-19-16-23(17-20-24)26-12-7-13-28-27-10-3-5-14-30(27)35(34(26)28)31-15-6-4-11-29(31)33-25-9-2-1-8-22(25)18-21-32(33)35/h1-21H. The smallest absolute Gasteiger partial charge is 0.0731 e. The molecule has 0 radical (unpaired) electrons. The number of rotatable bonds is 1. The Kier molecular flexibility index (Phi) is 4.02. The Hall–Kier alpha value is -4.13. The van der Waals surface area contributed by atoms with Gasteiger partial charge in [-0.05, 0) is 78.5 Å². The van der Waals surface area contributed by atoms with Gasteiger partial charge in [0.25, 0.3) is 0 Å². The quantitative estimate of drug-likeness (QED) is 0.221. The van der Waals surface area contributed by atoms with Crippen molar-refractivity contribution in [2.24, 2.45) is 0 Å². The Labute approximate surface area is 215 Å². The molecule has 2 aliphatic carbocycles. The summed E-state index contributed by atoms with van der Waals surface area (Å²) in [6.45, 7) is 0. The van der Waals surface area contributed by atoms with E-state index in [4.69, 9.17) is 11.6 Å². The highest BCUT2D eigenvalue weighted by molar-refractivity contribution is 6.30. The van der Waals surface area contributed by atoms with Crippen molar-refractivity contribution in [1.29, 1.82) is 0 Å². The first-order valence-electron chi connectivity index (χ1n) is 12.4. The van der Waals surface area contributed by atoms with Crippen molar-refractivity contribution < 1.29 is 0 Å². The predicted octanol–water partition coefficient (Wildman–Crippen LogP) is 9.50. The molecule has 0 nitrogen and oxygen atoms in total. The third-order valence-corrected chi connectivity index (χ3v) is 8.40. The molecule has 1 atom stereocenters. The van der Waals surface area contributed by atoms with Gasteiger partial charge in [0.15, 0.2) is 0 Å². The van der Waals surface area contributed by atoms with Crippen LogP contribution < -0.4 is 0 Å². The van der Waals surface area contributed by atoms with Crippen molar-refractivity contribution in [2.75, 3.05) is 0 Å². The first kappa shape index (κ1) is 20.1. The molecule has 0 fully saturated rings. The fourth-order valence-corrected chi connectivity index (χ4v) is 6.96. The summed E-state index contributed by atoms with van der Waals surface area (Å²) in [5, 5.41) is 3.35. The molecule has 0 saturated heterocycles. The molecule has 0 bridgehead atoms. The lowest BCUT2D eigenvalue weighted by molar-refractivity contribution is 0.796. The minimum Gasteiger partial charge on any atom is -0.0843 e. The van der Waals surface area contributed by atoms with Crippen LogP contribution in [0.3, 0.4) is 0 Å². The number of benzene rings is 6. The van der Waals surface area contributed by atoms with Crippen molar-refractivity contribution in [3.05, 3.63) is 155 Å². The summed E-state index contributed by atoms with van der Waals surface area (Å²) >= 11 is 6.30. The van der Waals surface area contributed by atoms with Gasteiger partial charge in [-0.2, -0.15) is 0 Å². The van der Waals surface area contributed by atoms with Gasteiger partial charge < -0.3 is 0 Å². The van der Waals surface area contributed by atoms with E-state index in [1.165, 1.54) is 66.4 Å². The molecule has 8 rings (SSSR count). The molecule has 1 unspecified atom stereocenters. The molecule has 0 saturated carbocycles. The fourth-order valence-electron chi connectivity index (χ4n) is 6.84. The van der Waals surface area contributed by atoms with Crippen molar-refractivity contribution in [3.8, 4) is 33.4 Å². The van der Waals surface area contributed by atoms with Crippen molar-refractivity contribution in [3.63, 3.8) is 0 Å². The van der Waals surface area contributed by atoms with Crippen LogP contribution >= 0.6 is 11.6 Å². The lowest BCUT2D eigenvalue weighted by atomic mass is 9.68. The number of halogens is 1. The molecule has 0 amide bonds. The molecule has 168 valence electrons. The van der Waals surface area contributed by atoms with Crippen LogP contribution in [0.25, 0.3) is 44.2 Å². The zero-order chi connectivity index (χ0) is 23.9. The molecule has 6 aromatic rings. The predicted molar refractivity (Wildman–Crippen MR) is 151 cm³/mol. The van der Waals surface area contributed by atoms with Crippen LogP contribution in [0.4, 0.5) is 0 Å². The first-order chi connectivity index (χ1) is 17.8. The highest BCUT2D eigenvalue weighted by Gasteiger charge is 2.52. The molecule has 2 aliphatic rings. The van der Waals surface area contributed by atoms with Gasteiger partial charge in [0, 0.05) is 5.02 Å². The van der Waals surface area contributed by atoms with Crippen LogP contribution in [-0.4, -0.2) is 0 Å². The molecule has 0 aromatic heterocycles. The van der Waals surface area contributed by atoms with E-state index in [1.807, 2.05) is 12.1 Å². The van der Waals surface area contributed by atoms with E-state index in [9.17, 15) is 0 Å². The zero-order valence-corrected chi connectivity index (χ0v) is 20.3. The van der Waals surface area contributed by atoms with Crippen LogP contribution in [0, 0.1) is 0 Å². The highest BCUT2D eigenvalue weighted by Crippen LogP contribution is 2.65. The summed E-state index contributed by atoms with van der Waals surface area (Å²) in [6.07, 6.45) is 0. The van der Waals surface area contributed by atoms with Crippen LogP contribution in [-0.2, 0) is 5.41 Å². The monoisotopic (exact) mass is 476 g/mol. The van der Waals surface area contributed by atoms with Gasteiger partial charge >= 0.3 is 0 Å².